The van der Waals surface area contributed by atoms with Crippen LogP contribution in [0.5, 0.6) is 0 Å². The van der Waals surface area contributed by atoms with Crippen molar-refractivity contribution < 1.29 is 4.74 Å². The average molecular weight is 258 g/mol. The molecule has 0 aromatic carbocycles. The van der Waals surface area contributed by atoms with Crippen molar-refractivity contribution in [3.8, 4) is 0 Å². The van der Waals surface area contributed by atoms with E-state index in [-0.39, 0.29) is 10.8 Å². The van der Waals surface area contributed by atoms with Crippen LogP contribution in [0.4, 0.5) is 0 Å². The largest absolute Gasteiger partial charge is 0.380 e. The smallest absolute Gasteiger partial charge is 0.0560 e. The average Bonchev–Trinajstić information content (AvgIpc) is 2.37. The van der Waals surface area contributed by atoms with E-state index in [1.54, 1.807) is 0 Å². The predicted molar refractivity (Wildman–Crippen MR) is 81.9 cm³/mol. The Bertz CT molecular complexity index is 389. The third-order valence-corrected chi connectivity index (χ3v) is 4.88. The lowest BCUT2D eigenvalue weighted by atomic mass is 9.75. The van der Waals surface area contributed by atoms with Gasteiger partial charge in [-0.05, 0) is 11.8 Å². The van der Waals surface area contributed by atoms with Gasteiger partial charge in [0.05, 0.1) is 13.2 Å². The lowest BCUT2D eigenvalue weighted by molar-refractivity contribution is 0.0119. The highest BCUT2D eigenvalue weighted by Gasteiger charge is 2.32. The third kappa shape index (κ3) is 3.09. The molecule has 0 N–H and O–H groups in total. The molecule has 4 unspecified atom stereocenters. The van der Waals surface area contributed by atoms with Gasteiger partial charge >= 0.3 is 0 Å². The summed E-state index contributed by atoms with van der Waals surface area (Å²) in [6.45, 7) is 10.7. The first-order valence-corrected chi connectivity index (χ1v) is 7.26. The van der Waals surface area contributed by atoms with E-state index in [0.29, 0.717) is 11.8 Å². The highest BCUT2D eigenvalue weighted by atomic mass is 16.5. The van der Waals surface area contributed by atoms with Crippen LogP contribution in [0.2, 0.25) is 0 Å². The van der Waals surface area contributed by atoms with Crippen molar-refractivity contribution in [2.45, 2.75) is 27.7 Å². The van der Waals surface area contributed by atoms with Crippen molar-refractivity contribution in [3.05, 3.63) is 48.6 Å². The Kier molecular flexibility index (Phi) is 4.15. The SMILES string of the molecule is CC1C=CC=CC1(C)COCC1(C)C=CC=CC1C. The number of rotatable bonds is 4. The minimum Gasteiger partial charge on any atom is -0.380 e. The molecule has 4 atom stereocenters. The summed E-state index contributed by atoms with van der Waals surface area (Å²) in [6, 6.07) is 0. The van der Waals surface area contributed by atoms with Crippen LogP contribution < -0.4 is 0 Å². The lowest BCUT2D eigenvalue weighted by Gasteiger charge is -2.36. The fraction of sp³-hybridized carbons (Fsp3) is 0.556. The zero-order chi connectivity index (χ0) is 13.9. The second-order valence-electron chi connectivity index (χ2n) is 6.57. The predicted octanol–water partition coefficient (Wildman–Crippen LogP) is 4.54. The molecule has 2 aliphatic carbocycles. The van der Waals surface area contributed by atoms with Gasteiger partial charge in [-0.1, -0.05) is 76.3 Å². The molecule has 0 radical (unpaired) electrons. The minimum absolute atomic E-state index is 0.128. The van der Waals surface area contributed by atoms with E-state index in [9.17, 15) is 0 Å². The van der Waals surface area contributed by atoms with Crippen molar-refractivity contribution in [2.75, 3.05) is 13.2 Å². The summed E-state index contributed by atoms with van der Waals surface area (Å²) in [5, 5.41) is 0. The molecule has 0 fully saturated rings. The molecule has 0 aromatic heterocycles. The third-order valence-electron chi connectivity index (χ3n) is 4.88. The molecule has 0 saturated carbocycles. The van der Waals surface area contributed by atoms with Crippen molar-refractivity contribution in [3.63, 3.8) is 0 Å². The summed E-state index contributed by atoms with van der Waals surface area (Å²) >= 11 is 0. The first kappa shape index (κ1) is 14.3. The molecule has 104 valence electrons. The molecular weight excluding hydrogens is 232 g/mol. The zero-order valence-electron chi connectivity index (χ0n) is 12.6. The normalized spacial score (nSPS) is 40.8. The highest BCUT2D eigenvalue weighted by molar-refractivity contribution is 5.19. The maximum absolute atomic E-state index is 6.09. The maximum Gasteiger partial charge on any atom is 0.0560 e. The van der Waals surface area contributed by atoms with Gasteiger partial charge in [-0.3, -0.25) is 0 Å². The molecule has 2 rings (SSSR count). The Morgan fingerprint density at radius 1 is 0.789 bits per heavy atom. The van der Waals surface area contributed by atoms with E-state index >= 15 is 0 Å². The van der Waals surface area contributed by atoms with E-state index in [1.807, 2.05) is 0 Å². The highest BCUT2D eigenvalue weighted by Crippen LogP contribution is 2.36. The molecular formula is C18H26O. The summed E-state index contributed by atoms with van der Waals surface area (Å²) in [5.74, 6) is 1.06. The van der Waals surface area contributed by atoms with Crippen LogP contribution in [-0.4, -0.2) is 13.2 Å². The van der Waals surface area contributed by atoms with Crippen molar-refractivity contribution in [1.82, 2.24) is 0 Å². The summed E-state index contributed by atoms with van der Waals surface area (Å²) in [4.78, 5) is 0. The van der Waals surface area contributed by atoms with Crippen LogP contribution >= 0.6 is 0 Å². The Morgan fingerprint density at radius 3 is 1.58 bits per heavy atom. The minimum atomic E-state index is 0.128. The summed E-state index contributed by atoms with van der Waals surface area (Å²) in [5.41, 5.74) is 0.255. The molecule has 0 saturated heterocycles. The topological polar surface area (TPSA) is 9.23 Å². The molecule has 1 nitrogen and oxygen atoms in total. The summed E-state index contributed by atoms with van der Waals surface area (Å²) < 4.78 is 6.09. The summed E-state index contributed by atoms with van der Waals surface area (Å²) in [6.07, 6.45) is 17.6. The van der Waals surface area contributed by atoms with E-state index in [1.165, 1.54) is 0 Å². The zero-order valence-corrected chi connectivity index (χ0v) is 12.6. The molecule has 1 heteroatoms. The van der Waals surface area contributed by atoms with Gasteiger partial charge in [-0.2, -0.15) is 0 Å². The molecule has 2 aliphatic rings. The number of allylic oxidation sites excluding steroid dienone is 6. The van der Waals surface area contributed by atoms with Gasteiger partial charge in [0, 0.05) is 10.8 Å². The van der Waals surface area contributed by atoms with Crippen LogP contribution in [0.25, 0.3) is 0 Å². The van der Waals surface area contributed by atoms with Crippen LogP contribution in [0.3, 0.4) is 0 Å². The van der Waals surface area contributed by atoms with Crippen LogP contribution in [0.1, 0.15) is 27.7 Å². The maximum atomic E-state index is 6.09. The standard InChI is InChI=1S/C18H26O/c1-15-9-5-7-11-17(15,3)13-19-14-18(4)12-8-6-10-16(18)2/h5-12,15-16H,13-14H2,1-4H3. The van der Waals surface area contributed by atoms with Gasteiger partial charge in [0.2, 0.25) is 0 Å². The number of ether oxygens (including phenoxy) is 1. The second-order valence-corrected chi connectivity index (χ2v) is 6.57. The molecule has 0 aliphatic heterocycles. The van der Waals surface area contributed by atoms with Gasteiger partial charge in [0.25, 0.3) is 0 Å². The molecule has 0 aromatic rings. The van der Waals surface area contributed by atoms with Crippen molar-refractivity contribution in [2.24, 2.45) is 22.7 Å². The Hall–Kier alpha value is -1.08. The quantitative estimate of drug-likeness (QED) is 0.719. The van der Waals surface area contributed by atoms with Gasteiger partial charge in [-0.25, -0.2) is 0 Å². The molecule has 0 spiro atoms. The fourth-order valence-corrected chi connectivity index (χ4v) is 2.61. The van der Waals surface area contributed by atoms with Crippen molar-refractivity contribution >= 4 is 0 Å². The van der Waals surface area contributed by atoms with Crippen LogP contribution in [0, 0.1) is 22.7 Å². The van der Waals surface area contributed by atoms with Gasteiger partial charge < -0.3 is 4.74 Å². The van der Waals surface area contributed by atoms with E-state index in [2.05, 4.69) is 76.3 Å². The number of hydrogen-bond donors (Lipinski definition) is 0. The number of hydrogen-bond acceptors (Lipinski definition) is 1. The molecule has 0 bridgehead atoms. The fourth-order valence-electron chi connectivity index (χ4n) is 2.61. The van der Waals surface area contributed by atoms with Crippen LogP contribution in [0.15, 0.2) is 48.6 Å². The van der Waals surface area contributed by atoms with E-state index in [4.69, 9.17) is 4.74 Å². The monoisotopic (exact) mass is 258 g/mol. The molecule has 0 amide bonds. The van der Waals surface area contributed by atoms with Crippen molar-refractivity contribution in [1.29, 1.82) is 0 Å². The van der Waals surface area contributed by atoms with Gasteiger partial charge in [-0.15, -0.1) is 0 Å². The van der Waals surface area contributed by atoms with Gasteiger partial charge in [0.15, 0.2) is 0 Å². The van der Waals surface area contributed by atoms with E-state index < -0.39 is 0 Å². The van der Waals surface area contributed by atoms with Crippen LogP contribution in [-0.2, 0) is 4.74 Å². The lowest BCUT2D eigenvalue weighted by Crippen LogP contribution is -2.34. The summed E-state index contributed by atoms with van der Waals surface area (Å²) in [7, 11) is 0. The van der Waals surface area contributed by atoms with Gasteiger partial charge in [0.1, 0.15) is 0 Å². The Balaban J connectivity index is 1.90. The Labute approximate surface area is 117 Å². The first-order chi connectivity index (χ1) is 8.96. The molecule has 0 heterocycles. The molecule has 19 heavy (non-hydrogen) atoms. The van der Waals surface area contributed by atoms with E-state index in [0.717, 1.165) is 13.2 Å². The second kappa shape index (κ2) is 5.50. The first-order valence-electron chi connectivity index (χ1n) is 7.26. The Morgan fingerprint density at radius 2 is 1.21 bits per heavy atom.